The van der Waals surface area contributed by atoms with Crippen LogP contribution in [0.1, 0.15) is 90.2 Å². The highest BCUT2D eigenvalue weighted by Crippen LogP contribution is 2.64. The van der Waals surface area contributed by atoms with Gasteiger partial charge in [-0.2, -0.15) is 0 Å². The smallest absolute Gasteiger partial charge is 0.408 e. The van der Waals surface area contributed by atoms with Crippen molar-refractivity contribution in [3.8, 4) is 0 Å². The molecular formula is C45H57NO14. The lowest BCUT2D eigenvalue weighted by molar-refractivity contribution is -0.347. The molecule has 1 aliphatic heterocycles. The summed E-state index contributed by atoms with van der Waals surface area (Å²) in [6.07, 6.45) is -9.31. The van der Waals surface area contributed by atoms with Crippen LogP contribution < -0.4 is 5.32 Å². The van der Waals surface area contributed by atoms with Crippen molar-refractivity contribution in [3.63, 3.8) is 0 Å². The van der Waals surface area contributed by atoms with Crippen molar-refractivity contribution in [1.82, 2.24) is 5.32 Å². The number of fused-ring (bicyclic) bond motifs is 5. The average Bonchev–Trinajstić information content (AvgIpc) is 3.18. The Morgan fingerprint density at radius 1 is 0.933 bits per heavy atom. The summed E-state index contributed by atoms with van der Waals surface area (Å²) in [5, 5.41) is 28.0. The van der Waals surface area contributed by atoms with Crippen LogP contribution >= 0.6 is 0 Å². The zero-order valence-corrected chi connectivity index (χ0v) is 35.8. The van der Waals surface area contributed by atoms with Gasteiger partial charge in [-0.15, -0.1) is 0 Å². The second kappa shape index (κ2) is 16.3. The van der Waals surface area contributed by atoms with Crippen LogP contribution in [0.25, 0.3) is 0 Å². The second-order valence-corrected chi connectivity index (χ2v) is 18.0. The number of carbonyl (C=O) groups is 5. The van der Waals surface area contributed by atoms with Crippen molar-refractivity contribution < 1.29 is 67.3 Å². The van der Waals surface area contributed by atoms with E-state index in [1.807, 2.05) is 0 Å². The van der Waals surface area contributed by atoms with Crippen LogP contribution in [-0.4, -0.2) is 114 Å². The Kier molecular flexibility index (Phi) is 12.2. The maximum atomic E-state index is 15.5. The highest BCUT2D eigenvalue weighted by atomic mass is 16.6. The van der Waals surface area contributed by atoms with Crippen LogP contribution in [0, 0.1) is 16.7 Å². The molecule has 1 heterocycles. The fourth-order valence-corrected chi connectivity index (χ4v) is 10.1. The first-order valence-electron chi connectivity index (χ1n) is 20.1. The largest absolute Gasteiger partial charge is 0.456 e. The van der Waals surface area contributed by atoms with Crippen LogP contribution in [0.2, 0.25) is 0 Å². The summed E-state index contributed by atoms with van der Waals surface area (Å²) in [5.41, 5.74) is -6.72. The number of aliphatic hydroxyl groups is 2. The molecular weight excluding hydrogens is 778 g/mol. The molecule has 1 amide bonds. The number of nitrogens with one attached hydrogen (secondary N) is 1. The molecule has 0 aromatic heterocycles. The van der Waals surface area contributed by atoms with Crippen LogP contribution in [0.3, 0.4) is 0 Å². The van der Waals surface area contributed by atoms with Gasteiger partial charge in [-0.1, -0.05) is 62.4 Å². The number of methoxy groups -OCH3 is 2. The Morgan fingerprint density at radius 2 is 1.55 bits per heavy atom. The summed E-state index contributed by atoms with van der Waals surface area (Å²) < 4.78 is 42.4. The number of hydrogen-bond acceptors (Lipinski definition) is 14. The minimum absolute atomic E-state index is 0.121. The van der Waals surface area contributed by atoms with Crippen LogP contribution in [0.5, 0.6) is 0 Å². The number of ether oxygens (including phenoxy) is 7. The molecule has 3 fully saturated rings. The lowest BCUT2D eigenvalue weighted by Gasteiger charge is -2.67. The van der Waals surface area contributed by atoms with Crippen molar-refractivity contribution in [1.29, 1.82) is 0 Å². The van der Waals surface area contributed by atoms with Crippen LogP contribution in [0.15, 0.2) is 71.8 Å². The van der Waals surface area contributed by atoms with Crippen molar-refractivity contribution in [2.45, 2.75) is 128 Å². The summed E-state index contributed by atoms with van der Waals surface area (Å²) in [5.74, 6) is -4.52. The molecule has 326 valence electrons. The zero-order valence-electron chi connectivity index (χ0n) is 35.8. The molecule has 4 aliphatic rings. The Hall–Kier alpha value is -4.67. The van der Waals surface area contributed by atoms with Gasteiger partial charge in [0.25, 0.3) is 0 Å². The van der Waals surface area contributed by atoms with E-state index in [1.54, 1.807) is 109 Å². The number of alkyl carbamates (subject to hydrolysis) is 1. The minimum atomic E-state index is -2.22. The van der Waals surface area contributed by atoms with E-state index in [-0.39, 0.29) is 24.2 Å². The van der Waals surface area contributed by atoms with E-state index in [9.17, 15) is 29.4 Å². The van der Waals surface area contributed by atoms with Gasteiger partial charge in [-0.05, 0) is 63.5 Å². The molecule has 0 radical (unpaired) electrons. The number of esters is 3. The van der Waals surface area contributed by atoms with E-state index in [0.29, 0.717) is 11.1 Å². The highest BCUT2D eigenvalue weighted by Gasteiger charge is 2.78. The number of benzene rings is 2. The third kappa shape index (κ3) is 7.52. The maximum Gasteiger partial charge on any atom is 0.408 e. The fourth-order valence-electron chi connectivity index (χ4n) is 10.1. The molecule has 0 unspecified atom stereocenters. The molecule has 3 N–H and O–H groups in total. The van der Waals surface area contributed by atoms with Crippen molar-refractivity contribution in [2.24, 2.45) is 16.7 Å². The average molecular weight is 836 g/mol. The minimum Gasteiger partial charge on any atom is -0.456 e. The van der Waals surface area contributed by atoms with E-state index < -0.39 is 112 Å². The molecule has 1 saturated heterocycles. The van der Waals surface area contributed by atoms with E-state index in [1.165, 1.54) is 21.1 Å². The Bertz CT molecular complexity index is 2010. The maximum absolute atomic E-state index is 15.5. The number of carbonyl (C=O) groups excluding carboxylic acids is 5. The van der Waals surface area contributed by atoms with Gasteiger partial charge in [-0.25, -0.2) is 14.4 Å². The van der Waals surface area contributed by atoms with E-state index in [4.69, 9.17) is 33.2 Å². The molecule has 3 aliphatic carbocycles. The standard InChI is InChI=1S/C45H57NO14/c1-24-28(57-39(51)33(48)32(26-17-13-11-14-18-26)46-40(52)60-41(3,4)5)22-45(53)37(58-38(50)27-19-15-12-16-20-27)35-43(8,36(49)34(55-10)31(24)42(45,6)7)29(54-9)21-30-44(35,23-56-30)59-25(2)47/h11-20,28-30,32-35,37,48,53H,21-23H2,1-10H3,(H,46,52)/t28-,29-,30-,32-,33-,34-,35-,37+,43+,44+,45-/m1/s1. The molecule has 60 heavy (non-hydrogen) atoms. The number of rotatable bonds is 10. The van der Waals surface area contributed by atoms with E-state index in [2.05, 4.69) is 5.32 Å². The van der Waals surface area contributed by atoms with Gasteiger partial charge in [0.15, 0.2) is 17.5 Å². The second-order valence-electron chi connectivity index (χ2n) is 18.0. The summed E-state index contributed by atoms with van der Waals surface area (Å²) >= 11 is 0. The predicted molar refractivity (Wildman–Crippen MR) is 213 cm³/mol. The molecule has 2 aromatic rings. The zero-order chi connectivity index (χ0) is 44.2. The number of Topliss-reactive ketones (excluding diaryl/α,β-unsaturated/α-hetero) is 1. The van der Waals surface area contributed by atoms with Gasteiger partial charge < -0.3 is 48.7 Å². The van der Waals surface area contributed by atoms with Gasteiger partial charge in [0.2, 0.25) is 0 Å². The molecule has 15 nitrogen and oxygen atoms in total. The van der Waals surface area contributed by atoms with Gasteiger partial charge in [0.1, 0.15) is 35.6 Å². The van der Waals surface area contributed by atoms with Gasteiger partial charge in [-0.3, -0.25) is 9.59 Å². The third-order valence-corrected chi connectivity index (χ3v) is 13.0. The summed E-state index contributed by atoms with van der Waals surface area (Å²) in [6.45, 7) is 12.7. The molecule has 2 aromatic carbocycles. The lowest BCUT2D eigenvalue weighted by atomic mass is 9.44. The van der Waals surface area contributed by atoms with Gasteiger partial charge in [0.05, 0.1) is 35.6 Å². The monoisotopic (exact) mass is 835 g/mol. The Labute approximate surface area is 350 Å². The van der Waals surface area contributed by atoms with Gasteiger partial charge in [0, 0.05) is 39.4 Å². The normalized spacial score (nSPS) is 33.0. The quantitative estimate of drug-likeness (QED) is 0.171. The molecule has 2 bridgehead atoms. The van der Waals surface area contributed by atoms with Crippen molar-refractivity contribution in [3.05, 3.63) is 82.9 Å². The van der Waals surface area contributed by atoms with E-state index >= 15 is 4.79 Å². The third-order valence-electron chi connectivity index (χ3n) is 13.0. The lowest BCUT2D eigenvalue weighted by Crippen LogP contribution is -2.82. The molecule has 0 spiro atoms. The van der Waals surface area contributed by atoms with Crippen LogP contribution in [0.4, 0.5) is 4.79 Å². The summed E-state index contributed by atoms with van der Waals surface area (Å²) in [4.78, 5) is 70.1. The summed E-state index contributed by atoms with van der Waals surface area (Å²) in [7, 11) is 2.78. The molecule has 6 rings (SSSR count). The van der Waals surface area contributed by atoms with Crippen molar-refractivity contribution in [2.75, 3.05) is 20.8 Å². The number of aliphatic hydroxyl groups excluding tert-OH is 1. The number of ketones is 1. The number of hydrogen-bond donors (Lipinski definition) is 3. The summed E-state index contributed by atoms with van der Waals surface area (Å²) in [6, 6.07) is 15.1. The highest BCUT2D eigenvalue weighted by molar-refractivity contribution is 5.94. The van der Waals surface area contributed by atoms with Crippen molar-refractivity contribution >= 4 is 29.8 Å². The predicted octanol–water partition coefficient (Wildman–Crippen LogP) is 4.57. The first kappa shape index (κ1) is 44.9. The Morgan fingerprint density at radius 3 is 2.08 bits per heavy atom. The van der Waals surface area contributed by atoms with Crippen LogP contribution in [-0.2, 0) is 47.5 Å². The van der Waals surface area contributed by atoms with E-state index in [0.717, 1.165) is 0 Å². The SMILES string of the molecule is CO[C@H]1C(=O)[C@@]2(C)[C@H](OC)C[C@H]3OC[C@@]3(OC(C)=O)[C@@H]2[C@H](OC(=O)c2ccccc2)[C@]2(O)C[C@@H](OC(=O)[C@H](O)[C@H](NC(=O)OC(C)(C)C)c3ccccc3)C(C)=C1C2(C)C. The Balaban J connectivity index is 1.52. The number of amides is 1. The first-order chi connectivity index (χ1) is 28.1. The molecule has 11 atom stereocenters. The van der Waals surface area contributed by atoms with Gasteiger partial charge >= 0.3 is 24.0 Å². The fraction of sp³-hybridized carbons (Fsp3) is 0.578. The first-order valence-corrected chi connectivity index (χ1v) is 20.1. The molecule has 2 saturated carbocycles. The topological polar surface area (TPSA) is 202 Å². The molecule has 15 heteroatoms.